The van der Waals surface area contributed by atoms with Gasteiger partial charge in [-0.15, -0.1) is 0 Å². The van der Waals surface area contributed by atoms with Gasteiger partial charge in [-0.1, -0.05) is 104 Å². The number of phosphoric ester groups is 1. The van der Waals surface area contributed by atoms with Crippen LogP contribution < -0.4 is 11.2 Å². The number of aromatic nitrogens is 2. The smallest absolute Gasteiger partial charge is 0.387 e. The molecule has 1 fully saturated rings. The average molecular weight is 791 g/mol. The van der Waals surface area contributed by atoms with E-state index < -0.39 is 62.0 Å². The van der Waals surface area contributed by atoms with Gasteiger partial charge in [0.2, 0.25) is 0 Å². The molecular weight excluding hydrogens is 728 g/mol. The fraction of sp³-hybridized carbons (Fsp3) is 0.886. The zero-order valence-electron chi connectivity index (χ0n) is 31.0. The van der Waals surface area contributed by atoms with Crippen LogP contribution in [0.4, 0.5) is 13.2 Å². The van der Waals surface area contributed by atoms with Crippen LogP contribution in [-0.2, 0) is 29.3 Å². The maximum Gasteiger partial charge on any atom is 0.472 e. The number of hydrogen-bond donors (Lipinski definition) is 4. The molecule has 17 heteroatoms. The van der Waals surface area contributed by atoms with E-state index in [0.29, 0.717) is 18.3 Å². The van der Waals surface area contributed by atoms with Crippen LogP contribution in [0.1, 0.15) is 142 Å². The van der Waals surface area contributed by atoms with Crippen LogP contribution in [0.2, 0.25) is 0 Å². The lowest BCUT2D eigenvalue weighted by Crippen LogP contribution is -2.40. The Morgan fingerprint density at radius 2 is 1.46 bits per heavy atom. The lowest BCUT2D eigenvalue weighted by atomic mass is 10.1. The van der Waals surface area contributed by atoms with Crippen LogP contribution in [0, 0.1) is 0 Å². The number of nitrogens with one attached hydrogen (secondary N) is 1. The monoisotopic (exact) mass is 790 g/mol. The van der Waals surface area contributed by atoms with Gasteiger partial charge in [0.15, 0.2) is 6.23 Å². The number of hydrogen-bond acceptors (Lipinski definition) is 10. The highest BCUT2D eigenvalue weighted by Gasteiger charge is 2.46. The van der Waals surface area contributed by atoms with Crippen molar-refractivity contribution >= 4 is 19.6 Å². The largest absolute Gasteiger partial charge is 0.472 e. The summed E-state index contributed by atoms with van der Waals surface area (Å²) >= 11 is 1.96. The number of nitrogens with zero attached hydrogens (tertiary/aromatic N) is 1. The van der Waals surface area contributed by atoms with E-state index in [4.69, 9.17) is 18.5 Å². The zero-order valence-corrected chi connectivity index (χ0v) is 32.7. The fourth-order valence-electron chi connectivity index (χ4n) is 6.02. The summed E-state index contributed by atoms with van der Waals surface area (Å²) in [7, 11) is -4.67. The minimum Gasteiger partial charge on any atom is -0.387 e. The Labute approximate surface area is 310 Å². The summed E-state index contributed by atoms with van der Waals surface area (Å²) in [4.78, 5) is 35.4. The van der Waals surface area contributed by atoms with E-state index in [2.05, 4.69) is 20.8 Å². The van der Waals surface area contributed by atoms with Gasteiger partial charge in [-0.25, -0.2) is 9.36 Å². The summed E-state index contributed by atoms with van der Waals surface area (Å²) in [6.45, 7) is 5.81. The molecule has 1 aliphatic heterocycles. The Morgan fingerprint density at radius 3 is 2.06 bits per heavy atom. The molecule has 2 heterocycles. The number of thioether (sulfide) groups is 1. The molecule has 0 saturated carbocycles. The average Bonchev–Trinajstić information content (AvgIpc) is 3.36. The Morgan fingerprint density at radius 1 is 0.885 bits per heavy atom. The molecule has 0 bridgehead atoms. The molecule has 1 saturated heterocycles. The van der Waals surface area contributed by atoms with Gasteiger partial charge in [0.25, 0.3) is 5.56 Å². The number of aliphatic hydroxyl groups excluding tert-OH is 2. The molecule has 1 aromatic heterocycles. The highest BCUT2D eigenvalue weighted by atomic mass is 32.2. The first-order valence-electron chi connectivity index (χ1n) is 19.0. The van der Waals surface area contributed by atoms with Gasteiger partial charge >= 0.3 is 19.7 Å². The number of aliphatic hydroxyl groups is 2. The summed E-state index contributed by atoms with van der Waals surface area (Å²) in [6.07, 6.45) is 8.30. The van der Waals surface area contributed by atoms with E-state index in [-0.39, 0.29) is 23.5 Å². The second-order valence-corrected chi connectivity index (χ2v) is 16.4. The first-order valence-corrected chi connectivity index (χ1v) is 21.6. The molecule has 3 unspecified atom stereocenters. The van der Waals surface area contributed by atoms with Gasteiger partial charge in [-0.05, 0) is 31.9 Å². The minimum atomic E-state index is -5.11. The van der Waals surface area contributed by atoms with Crippen molar-refractivity contribution in [2.75, 3.05) is 25.6 Å². The van der Waals surface area contributed by atoms with Crippen molar-refractivity contribution in [1.29, 1.82) is 0 Å². The number of aromatic amines is 1. The number of unbranched alkanes of at least 4 members (excludes halogenated alkanes) is 13. The summed E-state index contributed by atoms with van der Waals surface area (Å²) in [5.74, 6) is 1.09. The van der Waals surface area contributed by atoms with Crippen molar-refractivity contribution in [1.82, 2.24) is 9.55 Å². The number of rotatable bonds is 29. The molecule has 52 heavy (non-hydrogen) atoms. The maximum atomic E-state index is 13.2. The molecule has 4 N–H and O–H groups in total. The summed E-state index contributed by atoms with van der Waals surface area (Å²) in [6, 6.07) is 0. The van der Waals surface area contributed by atoms with E-state index in [1.54, 1.807) is 0 Å². The topological polar surface area (TPSA) is 170 Å². The fourth-order valence-corrected chi connectivity index (χ4v) is 8.15. The summed E-state index contributed by atoms with van der Waals surface area (Å²) in [5.41, 5.74) is -4.73. The SMILES string of the molecule is CCCCCCCCCCCCSC(CCCCCCC)C(C)OCCCOP(=O)(O)OC[C@H]1O[C@@H](n2cc(C(F)(F)F)c(=O)[nH]c2=O)[C@H](O)[C@@H]1O. The summed E-state index contributed by atoms with van der Waals surface area (Å²) in [5, 5.41) is 21.0. The van der Waals surface area contributed by atoms with Crippen molar-refractivity contribution in [3.8, 4) is 0 Å². The van der Waals surface area contributed by atoms with Crippen molar-refractivity contribution in [3.63, 3.8) is 0 Å². The molecule has 304 valence electrons. The quantitative estimate of drug-likeness (QED) is 0.0469. The molecule has 0 radical (unpaired) electrons. The molecule has 1 aromatic rings. The molecule has 2 rings (SSSR count). The molecule has 7 atom stereocenters. The molecule has 0 spiro atoms. The van der Waals surface area contributed by atoms with E-state index in [9.17, 15) is 42.4 Å². The standard InChI is InChI=1S/C35H62F3N2O10PS/c1-4-6-8-10-11-12-13-14-16-18-23-52-29(20-17-15-9-7-5-2)26(3)47-21-19-22-48-51(45,46)49-25-28-30(41)31(42)33(50-28)40-24-27(35(36,37)38)32(43)39-34(40)44/h24,26,28-31,33,41-42H,4-23,25H2,1-3H3,(H,45,46)(H,39,43,44)/t26?,28-,29?,30-,31-,33-/m1/s1. The van der Waals surface area contributed by atoms with Crippen molar-refractivity contribution in [2.45, 2.75) is 172 Å². The van der Waals surface area contributed by atoms with Crippen LogP contribution in [0.25, 0.3) is 0 Å². The van der Waals surface area contributed by atoms with Crippen LogP contribution >= 0.6 is 19.6 Å². The Balaban J connectivity index is 1.75. The number of H-pyrrole nitrogens is 1. The van der Waals surface area contributed by atoms with Crippen LogP contribution in [0.3, 0.4) is 0 Å². The van der Waals surface area contributed by atoms with Gasteiger partial charge in [0, 0.05) is 18.1 Å². The van der Waals surface area contributed by atoms with Gasteiger partial charge in [-0.3, -0.25) is 23.4 Å². The van der Waals surface area contributed by atoms with Crippen LogP contribution in [-0.4, -0.2) is 79.9 Å². The number of halogens is 3. The lowest BCUT2D eigenvalue weighted by Gasteiger charge is -2.24. The van der Waals surface area contributed by atoms with E-state index >= 15 is 0 Å². The highest BCUT2D eigenvalue weighted by molar-refractivity contribution is 7.99. The first kappa shape index (κ1) is 46.9. The molecule has 1 aliphatic rings. The van der Waals surface area contributed by atoms with Crippen molar-refractivity contribution in [2.24, 2.45) is 0 Å². The van der Waals surface area contributed by atoms with Gasteiger partial charge in [0.1, 0.15) is 23.9 Å². The third-order valence-corrected chi connectivity index (χ3v) is 11.7. The van der Waals surface area contributed by atoms with E-state index in [1.807, 2.05) is 11.8 Å². The molecule has 0 amide bonds. The van der Waals surface area contributed by atoms with E-state index in [0.717, 1.165) is 18.6 Å². The summed E-state index contributed by atoms with van der Waals surface area (Å²) < 4.78 is 73.7. The minimum absolute atomic E-state index is 0.0148. The van der Waals surface area contributed by atoms with Gasteiger partial charge in [-0.2, -0.15) is 24.9 Å². The second kappa shape index (κ2) is 25.0. The number of ether oxygens (including phenoxy) is 2. The first-order chi connectivity index (χ1) is 24.7. The van der Waals surface area contributed by atoms with Crippen LogP contribution in [0.5, 0.6) is 0 Å². The maximum absolute atomic E-state index is 13.2. The highest BCUT2D eigenvalue weighted by Crippen LogP contribution is 2.44. The number of phosphoric acid groups is 1. The van der Waals surface area contributed by atoms with Gasteiger partial charge in [0.05, 0.1) is 19.3 Å². The second-order valence-electron chi connectivity index (χ2n) is 13.6. The number of alkyl halides is 3. The Kier molecular flexibility index (Phi) is 22.6. The molecule has 12 nitrogen and oxygen atoms in total. The lowest BCUT2D eigenvalue weighted by molar-refractivity contribution is -0.140. The van der Waals surface area contributed by atoms with Gasteiger partial charge < -0.3 is 24.6 Å². The van der Waals surface area contributed by atoms with Crippen molar-refractivity contribution < 1.29 is 51.4 Å². The Bertz CT molecular complexity index is 1290. The van der Waals surface area contributed by atoms with Crippen LogP contribution in [0.15, 0.2) is 15.8 Å². The molecule has 0 aromatic carbocycles. The molecule has 0 aliphatic carbocycles. The van der Waals surface area contributed by atoms with E-state index in [1.165, 1.54) is 94.9 Å². The predicted octanol–water partition coefficient (Wildman–Crippen LogP) is 7.49. The predicted molar refractivity (Wildman–Crippen MR) is 195 cm³/mol. The third-order valence-electron chi connectivity index (χ3n) is 9.16. The third kappa shape index (κ3) is 17.5. The Hall–Kier alpha value is -1.23. The normalized spacial score (nSPS) is 21.7. The van der Waals surface area contributed by atoms with Crippen molar-refractivity contribution in [3.05, 3.63) is 32.6 Å². The molecular formula is C35H62F3N2O10PS. The zero-order chi connectivity index (χ0) is 38.6.